The molecule has 110 valence electrons. The fraction of sp³-hybridized carbons (Fsp3) is 0.294. The number of carbonyl (C=O) groups excluding carboxylic acids is 1. The highest BCUT2D eigenvalue weighted by atomic mass is 16.1. The minimum Gasteiger partial charge on any atom is -0.351 e. The van der Waals surface area contributed by atoms with Gasteiger partial charge in [-0.3, -0.25) is 9.78 Å². The zero-order valence-corrected chi connectivity index (χ0v) is 12.1. The molecule has 4 nitrogen and oxygen atoms in total. The van der Waals surface area contributed by atoms with Gasteiger partial charge in [-0.2, -0.15) is 0 Å². The predicted octanol–water partition coefficient (Wildman–Crippen LogP) is 1.92. The first-order valence-corrected chi connectivity index (χ1v) is 7.25. The number of nitrogens with zero attached hydrogens (tertiary/aromatic N) is 1. The lowest BCUT2D eigenvalue weighted by Crippen LogP contribution is -2.34. The van der Waals surface area contributed by atoms with Crippen molar-refractivity contribution in [2.45, 2.75) is 19.4 Å². The molecule has 0 spiro atoms. The normalized spacial score (nSPS) is 10.3. The van der Waals surface area contributed by atoms with Gasteiger partial charge in [-0.05, 0) is 42.6 Å². The molecule has 0 saturated heterocycles. The summed E-state index contributed by atoms with van der Waals surface area (Å²) in [4.78, 5) is 15.6. The molecule has 0 aliphatic heterocycles. The fourth-order valence-electron chi connectivity index (χ4n) is 2.03. The molecule has 0 radical (unpaired) electrons. The minimum atomic E-state index is 0.0199. The van der Waals surface area contributed by atoms with Gasteiger partial charge in [0.05, 0.1) is 6.54 Å². The van der Waals surface area contributed by atoms with Crippen LogP contribution < -0.4 is 10.6 Å². The molecule has 1 amide bonds. The Bertz CT molecular complexity index is 528. The van der Waals surface area contributed by atoms with Crippen LogP contribution in [0, 0.1) is 0 Å². The number of carbonyl (C=O) groups is 1. The third-order valence-corrected chi connectivity index (χ3v) is 3.19. The van der Waals surface area contributed by atoms with Crippen LogP contribution in [0.25, 0.3) is 0 Å². The van der Waals surface area contributed by atoms with E-state index in [-0.39, 0.29) is 5.91 Å². The van der Waals surface area contributed by atoms with Gasteiger partial charge in [0.2, 0.25) is 5.91 Å². The molecular weight excluding hydrogens is 262 g/mol. The van der Waals surface area contributed by atoms with Gasteiger partial charge in [0.1, 0.15) is 0 Å². The predicted molar refractivity (Wildman–Crippen MR) is 83.7 cm³/mol. The molecule has 1 aromatic heterocycles. The van der Waals surface area contributed by atoms with E-state index in [4.69, 9.17) is 0 Å². The Kier molecular flexibility index (Phi) is 6.42. The summed E-state index contributed by atoms with van der Waals surface area (Å²) in [5.74, 6) is 0.0199. The van der Waals surface area contributed by atoms with Gasteiger partial charge in [-0.1, -0.05) is 30.3 Å². The van der Waals surface area contributed by atoms with E-state index in [1.807, 2.05) is 18.2 Å². The monoisotopic (exact) mass is 283 g/mol. The number of benzene rings is 1. The molecule has 0 unspecified atom stereocenters. The number of hydrogen-bond donors (Lipinski definition) is 2. The van der Waals surface area contributed by atoms with Crippen molar-refractivity contribution in [1.29, 1.82) is 0 Å². The summed E-state index contributed by atoms with van der Waals surface area (Å²) in [6, 6.07) is 14.2. The van der Waals surface area contributed by atoms with Crippen molar-refractivity contribution in [1.82, 2.24) is 15.6 Å². The molecule has 1 aromatic carbocycles. The molecule has 0 bridgehead atoms. The Balaban J connectivity index is 1.53. The quantitative estimate of drug-likeness (QED) is 0.728. The van der Waals surface area contributed by atoms with Crippen molar-refractivity contribution in [3.63, 3.8) is 0 Å². The number of amides is 1. The summed E-state index contributed by atoms with van der Waals surface area (Å²) in [5, 5.41) is 6.05. The Morgan fingerprint density at radius 3 is 2.52 bits per heavy atom. The van der Waals surface area contributed by atoms with Crippen LogP contribution in [0.15, 0.2) is 54.9 Å². The largest absolute Gasteiger partial charge is 0.351 e. The maximum absolute atomic E-state index is 11.7. The highest BCUT2D eigenvalue weighted by Crippen LogP contribution is 2.01. The molecule has 0 aliphatic rings. The first-order valence-electron chi connectivity index (χ1n) is 7.25. The van der Waals surface area contributed by atoms with Crippen LogP contribution in [0.1, 0.15) is 17.5 Å². The van der Waals surface area contributed by atoms with Crippen LogP contribution in [-0.4, -0.2) is 24.0 Å². The topological polar surface area (TPSA) is 54.0 Å². The maximum Gasteiger partial charge on any atom is 0.234 e. The van der Waals surface area contributed by atoms with E-state index in [1.165, 1.54) is 5.56 Å². The average molecular weight is 283 g/mol. The molecule has 0 atom stereocenters. The van der Waals surface area contributed by atoms with Crippen LogP contribution in [0.5, 0.6) is 0 Å². The van der Waals surface area contributed by atoms with Crippen LogP contribution in [0.4, 0.5) is 0 Å². The van der Waals surface area contributed by atoms with E-state index in [0.717, 1.165) is 24.9 Å². The zero-order valence-electron chi connectivity index (χ0n) is 12.1. The van der Waals surface area contributed by atoms with Crippen molar-refractivity contribution in [3.8, 4) is 0 Å². The lowest BCUT2D eigenvalue weighted by atomic mass is 10.1. The Morgan fingerprint density at radius 1 is 1.00 bits per heavy atom. The summed E-state index contributed by atoms with van der Waals surface area (Å²) in [6.07, 6.45) is 5.51. The summed E-state index contributed by atoms with van der Waals surface area (Å²) < 4.78 is 0. The average Bonchev–Trinajstić information content (AvgIpc) is 2.54. The molecular formula is C17H21N3O. The number of rotatable bonds is 8. The van der Waals surface area contributed by atoms with Crippen molar-refractivity contribution in [3.05, 3.63) is 66.0 Å². The van der Waals surface area contributed by atoms with E-state index in [2.05, 4.69) is 39.9 Å². The SMILES string of the molecule is O=C(CNCCCc1ccccc1)NCc1ccncc1. The highest BCUT2D eigenvalue weighted by molar-refractivity contribution is 5.77. The van der Waals surface area contributed by atoms with Crippen molar-refractivity contribution in [2.75, 3.05) is 13.1 Å². The third-order valence-electron chi connectivity index (χ3n) is 3.19. The van der Waals surface area contributed by atoms with Gasteiger partial charge in [0, 0.05) is 18.9 Å². The second-order valence-corrected chi connectivity index (χ2v) is 4.90. The van der Waals surface area contributed by atoms with Crippen LogP contribution in [-0.2, 0) is 17.8 Å². The molecule has 21 heavy (non-hydrogen) atoms. The van der Waals surface area contributed by atoms with Crippen molar-refractivity contribution < 1.29 is 4.79 Å². The number of aromatic nitrogens is 1. The molecule has 1 heterocycles. The summed E-state index contributed by atoms with van der Waals surface area (Å²) >= 11 is 0. The standard InChI is InChI=1S/C17H21N3O/c21-17(20-13-16-8-11-18-12-9-16)14-19-10-4-7-15-5-2-1-3-6-15/h1-3,5-6,8-9,11-12,19H,4,7,10,13-14H2,(H,20,21). The van der Waals surface area contributed by atoms with Gasteiger partial charge < -0.3 is 10.6 Å². The maximum atomic E-state index is 11.7. The van der Waals surface area contributed by atoms with Gasteiger partial charge in [-0.25, -0.2) is 0 Å². The zero-order chi connectivity index (χ0) is 14.8. The molecule has 2 aromatic rings. The van der Waals surface area contributed by atoms with Crippen LogP contribution in [0.2, 0.25) is 0 Å². The van der Waals surface area contributed by atoms with E-state index in [1.54, 1.807) is 12.4 Å². The second-order valence-electron chi connectivity index (χ2n) is 4.90. The lowest BCUT2D eigenvalue weighted by Gasteiger charge is -2.07. The van der Waals surface area contributed by atoms with Crippen molar-refractivity contribution in [2.24, 2.45) is 0 Å². The van der Waals surface area contributed by atoms with Gasteiger partial charge in [0.15, 0.2) is 0 Å². The van der Waals surface area contributed by atoms with E-state index < -0.39 is 0 Å². The molecule has 0 aliphatic carbocycles. The van der Waals surface area contributed by atoms with Gasteiger partial charge in [-0.15, -0.1) is 0 Å². The third kappa shape index (κ3) is 6.19. The molecule has 2 N–H and O–H groups in total. The number of nitrogens with one attached hydrogen (secondary N) is 2. The van der Waals surface area contributed by atoms with Crippen LogP contribution >= 0.6 is 0 Å². The number of aryl methyl sites for hydroxylation is 1. The Hall–Kier alpha value is -2.20. The number of hydrogen-bond acceptors (Lipinski definition) is 3. The number of pyridine rings is 1. The first kappa shape index (κ1) is 15.2. The molecule has 0 saturated carbocycles. The van der Waals surface area contributed by atoms with E-state index in [9.17, 15) is 4.79 Å². The fourth-order valence-corrected chi connectivity index (χ4v) is 2.03. The second kappa shape index (κ2) is 8.87. The van der Waals surface area contributed by atoms with Crippen molar-refractivity contribution >= 4 is 5.91 Å². The highest BCUT2D eigenvalue weighted by Gasteiger charge is 2.00. The molecule has 2 rings (SSSR count). The summed E-state index contributed by atoms with van der Waals surface area (Å²) in [6.45, 7) is 1.75. The summed E-state index contributed by atoms with van der Waals surface area (Å²) in [5.41, 5.74) is 2.39. The summed E-state index contributed by atoms with van der Waals surface area (Å²) in [7, 11) is 0. The Labute approximate surface area is 125 Å². The minimum absolute atomic E-state index is 0.0199. The van der Waals surface area contributed by atoms with Gasteiger partial charge in [0.25, 0.3) is 0 Å². The smallest absolute Gasteiger partial charge is 0.234 e. The Morgan fingerprint density at radius 2 is 1.76 bits per heavy atom. The molecule has 0 fully saturated rings. The lowest BCUT2D eigenvalue weighted by molar-refractivity contribution is -0.120. The van der Waals surface area contributed by atoms with E-state index in [0.29, 0.717) is 13.1 Å². The van der Waals surface area contributed by atoms with Crippen LogP contribution in [0.3, 0.4) is 0 Å². The molecule has 4 heteroatoms. The van der Waals surface area contributed by atoms with E-state index >= 15 is 0 Å². The first-order chi connectivity index (χ1) is 10.3. The van der Waals surface area contributed by atoms with Gasteiger partial charge >= 0.3 is 0 Å².